The van der Waals surface area contributed by atoms with Crippen LogP contribution in [-0.2, 0) is 6.42 Å². The van der Waals surface area contributed by atoms with Crippen molar-refractivity contribution < 1.29 is 9.50 Å². The van der Waals surface area contributed by atoms with Gasteiger partial charge in [-0.3, -0.25) is 0 Å². The summed E-state index contributed by atoms with van der Waals surface area (Å²) < 4.78 is 12.7. The highest BCUT2D eigenvalue weighted by atomic mass is 19.1. The Kier molecular flexibility index (Phi) is 4.44. The molecule has 0 bridgehead atoms. The first-order valence-corrected chi connectivity index (χ1v) is 5.66. The molecular formula is C13H20FNO. The number of halogens is 1. The maximum absolute atomic E-state index is 12.7. The Bertz CT molecular complexity index is 317. The summed E-state index contributed by atoms with van der Waals surface area (Å²) in [5.41, 5.74) is 5.72. The van der Waals surface area contributed by atoms with Crippen LogP contribution >= 0.6 is 0 Å². The third-order valence-corrected chi connectivity index (χ3v) is 3.13. The number of nitrogens with two attached hydrogens (primary N) is 1. The molecule has 0 heterocycles. The molecule has 2 nitrogen and oxygen atoms in total. The molecule has 0 amide bonds. The normalized spacial score (nSPS) is 16.8. The van der Waals surface area contributed by atoms with Gasteiger partial charge in [0, 0.05) is 6.42 Å². The largest absolute Gasteiger partial charge is 0.389 e. The molecule has 0 aliphatic carbocycles. The lowest BCUT2D eigenvalue weighted by Gasteiger charge is -2.31. The molecule has 0 aliphatic heterocycles. The van der Waals surface area contributed by atoms with E-state index in [4.69, 9.17) is 5.73 Å². The Hall–Kier alpha value is -0.930. The minimum atomic E-state index is -0.832. The van der Waals surface area contributed by atoms with Crippen molar-refractivity contribution in [3.05, 3.63) is 35.6 Å². The summed E-state index contributed by atoms with van der Waals surface area (Å²) in [6.07, 6.45) is 1.34. The molecule has 1 aromatic rings. The van der Waals surface area contributed by atoms with E-state index in [1.807, 2.05) is 6.92 Å². The van der Waals surface area contributed by atoms with E-state index in [2.05, 4.69) is 0 Å². The molecule has 0 fully saturated rings. The molecule has 3 heteroatoms. The molecule has 0 spiro atoms. The van der Waals surface area contributed by atoms with Crippen LogP contribution in [0.25, 0.3) is 0 Å². The molecule has 3 N–H and O–H groups in total. The van der Waals surface area contributed by atoms with Gasteiger partial charge in [-0.05, 0) is 43.5 Å². The summed E-state index contributed by atoms with van der Waals surface area (Å²) in [6.45, 7) is 4.26. The second-order valence-electron chi connectivity index (χ2n) is 4.50. The van der Waals surface area contributed by atoms with E-state index < -0.39 is 5.60 Å². The molecule has 0 saturated carbocycles. The summed E-state index contributed by atoms with van der Waals surface area (Å²) in [6, 6.07) is 6.23. The quantitative estimate of drug-likeness (QED) is 0.806. The standard InChI is InChI=1S/C13H20FNO/c1-3-11(9-15)13(2,16)8-10-4-6-12(14)7-5-10/h4-7,11,16H,3,8-9,15H2,1-2H3. The Labute approximate surface area is 96.3 Å². The van der Waals surface area contributed by atoms with Gasteiger partial charge in [-0.2, -0.15) is 0 Å². The molecule has 0 aromatic heterocycles. The highest BCUT2D eigenvalue weighted by molar-refractivity contribution is 5.18. The van der Waals surface area contributed by atoms with Crippen LogP contribution in [0.15, 0.2) is 24.3 Å². The van der Waals surface area contributed by atoms with Crippen LogP contribution in [0.1, 0.15) is 25.8 Å². The van der Waals surface area contributed by atoms with Gasteiger partial charge in [-0.25, -0.2) is 4.39 Å². The van der Waals surface area contributed by atoms with Gasteiger partial charge in [0.1, 0.15) is 5.82 Å². The molecule has 0 radical (unpaired) electrons. The predicted octanol–water partition coefficient (Wildman–Crippen LogP) is 2.10. The van der Waals surface area contributed by atoms with Gasteiger partial charge in [0.2, 0.25) is 0 Å². The maximum Gasteiger partial charge on any atom is 0.123 e. The zero-order valence-corrected chi connectivity index (χ0v) is 9.91. The summed E-state index contributed by atoms with van der Waals surface area (Å²) >= 11 is 0. The average Bonchev–Trinajstić information content (AvgIpc) is 2.22. The molecular weight excluding hydrogens is 205 g/mol. The second-order valence-corrected chi connectivity index (χ2v) is 4.50. The lowest BCUT2D eigenvalue weighted by molar-refractivity contribution is 0.00121. The van der Waals surface area contributed by atoms with E-state index >= 15 is 0 Å². The van der Waals surface area contributed by atoms with E-state index in [9.17, 15) is 9.50 Å². The van der Waals surface area contributed by atoms with Crippen LogP contribution < -0.4 is 5.73 Å². The Morgan fingerprint density at radius 2 is 1.94 bits per heavy atom. The minimum absolute atomic E-state index is 0.0672. The molecule has 2 unspecified atom stereocenters. The van der Waals surface area contributed by atoms with Gasteiger partial charge in [-0.1, -0.05) is 19.1 Å². The monoisotopic (exact) mass is 225 g/mol. The van der Waals surface area contributed by atoms with Crippen LogP contribution in [0, 0.1) is 11.7 Å². The fourth-order valence-corrected chi connectivity index (χ4v) is 2.02. The SMILES string of the molecule is CCC(CN)C(C)(O)Cc1ccc(F)cc1. The van der Waals surface area contributed by atoms with Crippen molar-refractivity contribution in [2.24, 2.45) is 11.7 Å². The Morgan fingerprint density at radius 3 is 2.38 bits per heavy atom. The van der Waals surface area contributed by atoms with Crippen LogP contribution in [0.5, 0.6) is 0 Å². The van der Waals surface area contributed by atoms with Crippen LogP contribution in [0.3, 0.4) is 0 Å². The molecule has 1 rings (SSSR count). The maximum atomic E-state index is 12.7. The number of aliphatic hydroxyl groups is 1. The first kappa shape index (κ1) is 13.1. The number of hydrogen-bond donors (Lipinski definition) is 2. The minimum Gasteiger partial charge on any atom is -0.389 e. The predicted molar refractivity (Wildman–Crippen MR) is 63.6 cm³/mol. The lowest BCUT2D eigenvalue weighted by Crippen LogP contribution is -2.40. The highest BCUT2D eigenvalue weighted by Crippen LogP contribution is 2.24. The third-order valence-electron chi connectivity index (χ3n) is 3.13. The zero-order valence-electron chi connectivity index (χ0n) is 9.91. The lowest BCUT2D eigenvalue weighted by atomic mass is 9.82. The van der Waals surface area contributed by atoms with E-state index in [1.54, 1.807) is 19.1 Å². The fraction of sp³-hybridized carbons (Fsp3) is 0.538. The summed E-state index contributed by atoms with van der Waals surface area (Å²) in [4.78, 5) is 0. The van der Waals surface area contributed by atoms with Crippen LogP contribution in [-0.4, -0.2) is 17.3 Å². The van der Waals surface area contributed by atoms with Gasteiger partial charge in [0.25, 0.3) is 0 Å². The van der Waals surface area contributed by atoms with E-state index in [-0.39, 0.29) is 11.7 Å². The van der Waals surface area contributed by atoms with Crippen molar-refractivity contribution in [1.29, 1.82) is 0 Å². The summed E-state index contributed by atoms with van der Waals surface area (Å²) in [5.74, 6) is -0.188. The molecule has 0 saturated heterocycles. The summed E-state index contributed by atoms with van der Waals surface area (Å²) in [5, 5.41) is 10.3. The molecule has 1 aromatic carbocycles. The van der Waals surface area contributed by atoms with Crippen molar-refractivity contribution in [2.45, 2.75) is 32.3 Å². The second kappa shape index (κ2) is 5.41. The van der Waals surface area contributed by atoms with E-state index in [1.165, 1.54) is 12.1 Å². The Balaban J connectivity index is 2.75. The van der Waals surface area contributed by atoms with Crippen molar-refractivity contribution in [1.82, 2.24) is 0 Å². The van der Waals surface area contributed by atoms with Crippen molar-refractivity contribution in [3.8, 4) is 0 Å². The molecule has 2 atom stereocenters. The van der Waals surface area contributed by atoms with Gasteiger partial charge in [0.05, 0.1) is 5.60 Å². The number of rotatable bonds is 5. The van der Waals surface area contributed by atoms with E-state index in [0.29, 0.717) is 13.0 Å². The fourth-order valence-electron chi connectivity index (χ4n) is 2.02. The molecule has 90 valence electrons. The molecule has 0 aliphatic rings. The van der Waals surface area contributed by atoms with Crippen molar-refractivity contribution >= 4 is 0 Å². The van der Waals surface area contributed by atoms with Gasteiger partial charge in [0.15, 0.2) is 0 Å². The summed E-state index contributed by atoms with van der Waals surface area (Å²) in [7, 11) is 0. The highest BCUT2D eigenvalue weighted by Gasteiger charge is 2.29. The topological polar surface area (TPSA) is 46.2 Å². The Morgan fingerprint density at radius 1 is 1.38 bits per heavy atom. The van der Waals surface area contributed by atoms with Crippen LogP contribution in [0.2, 0.25) is 0 Å². The van der Waals surface area contributed by atoms with Gasteiger partial charge >= 0.3 is 0 Å². The first-order chi connectivity index (χ1) is 7.49. The third kappa shape index (κ3) is 3.29. The van der Waals surface area contributed by atoms with Crippen molar-refractivity contribution in [2.75, 3.05) is 6.54 Å². The first-order valence-electron chi connectivity index (χ1n) is 5.66. The van der Waals surface area contributed by atoms with E-state index in [0.717, 1.165) is 12.0 Å². The smallest absolute Gasteiger partial charge is 0.123 e. The zero-order chi connectivity index (χ0) is 12.2. The van der Waals surface area contributed by atoms with Crippen molar-refractivity contribution in [3.63, 3.8) is 0 Å². The molecule has 16 heavy (non-hydrogen) atoms. The van der Waals surface area contributed by atoms with Gasteiger partial charge in [-0.15, -0.1) is 0 Å². The van der Waals surface area contributed by atoms with Gasteiger partial charge < -0.3 is 10.8 Å². The van der Waals surface area contributed by atoms with Crippen LogP contribution in [0.4, 0.5) is 4.39 Å². The number of benzene rings is 1. The average molecular weight is 225 g/mol. The number of hydrogen-bond acceptors (Lipinski definition) is 2.